The molecule has 0 radical (unpaired) electrons. The molecule has 1 unspecified atom stereocenters. The van der Waals surface area contributed by atoms with E-state index in [1.54, 1.807) is 0 Å². The number of anilines is 2. The molecule has 0 fully saturated rings. The van der Waals surface area contributed by atoms with E-state index < -0.39 is 23.1 Å². The van der Waals surface area contributed by atoms with Gasteiger partial charge in [0.1, 0.15) is 11.3 Å². The monoisotopic (exact) mass is 539 g/mol. The van der Waals surface area contributed by atoms with E-state index in [-0.39, 0.29) is 39.5 Å². The zero-order valence-electron chi connectivity index (χ0n) is 21.6. The molecule has 0 saturated heterocycles. The summed E-state index contributed by atoms with van der Waals surface area (Å²) in [7, 11) is -6.28. The van der Waals surface area contributed by atoms with Gasteiger partial charge in [0.25, 0.3) is 5.56 Å². The summed E-state index contributed by atoms with van der Waals surface area (Å²) in [4.78, 5) is 13.5. The van der Waals surface area contributed by atoms with Crippen molar-refractivity contribution in [2.75, 3.05) is 23.4 Å². The Morgan fingerprint density at radius 2 is 1.94 bits per heavy atom. The van der Waals surface area contributed by atoms with Gasteiger partial charge >= 0.3 is 7.52 Å². The third-order valence-corrected chi connectivity index (χ3v) is 7.99. The van der Waals surface area contributed by atoms with Crippen molar-refractivity contribution < 1.29 is 22.6 Å². The molecule has 1 aliphatic heterocycles. The van der Waals surface area contributed by atoms with Gasteiger partial charge in [0.15, 0.2) is 11.6 Å². The second-order valence-electron chi connectivity index (χ2n) is 10.5. The first-order valence-corrected chi connectivity index (χ1v) is 15.0. The molecule has 3 N–H and O–H groups in total. The molecule has 3 rings (SSSR count). The Labute approximate surface area is 211 Å². The third kappa shape index (κ3) is 6.35. The standard InChI is InChI=1S/C23H34N5O6PS/c1-14(2)12-17-20(29)19(22(30)28(25-17)11-10-23(3,4)5)21-24-16-9-8-15(27-36(7,32)33)13-18(16)35(31,26-21)34-6/h8-9,13-14,27,29H,10-12H2,1-7H3,(H,24,26,31). The molecular formula is C23H34N5O6PS. The number of hydrogen-bond acceptors (Lipinski definition) is 8. The maximum atomic E-state index is 13.7. The topological polar surface area (TPSA) is 152 Å². The number of rotatable bonds is 8. The molecule has 2 heterocycles. The van der Waals surface area contributed by atoms with Crippen LogP contribution in [0, 0.1) is 11.3 Å². The van der Waals surface area contributed by atoms with Crippen LogP contribution >= 0.6 is 7.52 Å². The summed E-state index contributed by atoms with van der Waals surface area (Å²) in [5.74, 6) is -0.276. The van der Waals surface area contributed by atoms with Crippen LogP contribution < -0.4 is 20.9 Å². The van der Waals surface area contributed by atoms with Crippen molar-refractivity contribution in [1.82, 2.24) is 9.78 Å². The molecule has 1 aromatic carbocycles. The number of fused-ring (bicyclic) bond motifs is 1. The highest BCUT2D eigenvalue weighted by Crippen LogP contribution is 2.51. The van der Waals surface area contributed by atoms with E-state index in [1.807, 2.05) is 13.8 Å². The van der Waals surface area contributed by atoms with E-state index in [1.165, 1.54) is 30.0 Å². The third-order valence-electron chi connectivity index (χ3n) is 5.45. The minimum Gasteiger partial charge on any atom is -0.505 e. The Kier molecular flexibility index (Phi) is 7.74. The number of nitrogens with one attached hydrogen (secondary N) is 2. The minimum atomic E-state index is -3.93. The molecular weight excluding hydrogens is 505 g/mol. The van der Waals surface area contributed by atoms with Gasteiger partial charge < -0.3 is 14.9 Å². The summed E-state index contributed by atoms with van der Waals surface area (Å²) in [5.41, 5.74) is 0.0629. The van der Waals surface area contributed by atoms with Crippen molar-refractivity contribution >= 4 is 40.1 Å². The van der Waals surface area contributed by atoms with Crippen LogP contribution in [0.2, 0.25) is 0 Å². The van der Waals surface area contributed by atoms with Crippen molar-refractivity contribution in [3.63, 3.8) is 0 Å². The van der Waals surface area contributed by atoms with Crippen LogP contribution in [0.5, 0.6) is 5.75 Å². The summed E-state index contributed by atoms with van der Waals surface area (Å²) < 4.78 is 50.2. The van der Waals surface area contributed by atoms with Gasteiger partial charge in [-0.25, -0.2) is 13.1 Å². The number of benzene rings is 1. The van der Waals surface area contributed by atoms with Crippen LogP contribution in [0.15, 0.2) is 27.8 Å². The highest BCUT2D eigenvalue weighted by Gasteiger charge is 2.36. The Hall–Kier alpha value is -2.69. The van der Waals surface area contributed by atoms with Crippen LogP contribution in [-0.2, 0) is 32.1 Å². The largest absolute Gasteiger partial charge is 0.505 e. The number of nitrogens with zero attached hydrogens (tertiary/aromatic N) is 3. The summed E-state index contributed by atoms with van der Waals surface area (Å²) in [6, 6.07) is 4.36. The predicted molar refractivity (Wildman–Crippen MR) is 142 cm³/mol. The molecule has 11 nitrogen and oxygen atoms in total. The Morgan fingerprint density at radius 1 is 1.28 bits per heavy atom. The van der Waals surface area contributed by atoms with Crippen molar-refractivity contribution in [3.8, 4) is 5.75 Å². The van der Waals surface area contributed by atoms with Crippen LogP contribution in [0.3, 0.4) is 0 Å². The Morgan fingerprint density at radius 3 is 2.50 bits per heavy atom. The number of aryl methyl sites for hydroxylation is 1. The molecule has 36 heavy (non-hydrogen) atoms. The van der Waals surface area contributed by atoms with E-state index in [2.05, 4.69) is 40.7 Å². The first kappa shape index (κ1) is 27.9. The van der Waals surface area contributed by atoms with Crippen LogP contribution in [0.1, 0.15) is 52.3 Å². The number of hydrogen-bond donors (Lipinski definition) is 3. The van der Waals surface area contributed by atoms with Gasteiger partial charge in [-0.3, -0.25) is 14.1 Å². The van der Waals surface area contributed by atoms with Crippen LogP contribution in [0.25, 0.3) is 0 Å². The van der Waals surface area contributed by atoms with Crippen molar-refractivity contribution in [1.29, 1.82) is 0 Å². The van der Waals surface area contributed by atoms with Crippen LogP contribution in [-0.4, -0.2) is 42.5 Å². The Bertz CT molecular complexity index is 1410. The fourth-order valence-corrected chi connectivity index (χ4v) is 5.77. The van der Waals surface area contributed by atoms with Gasteiger partial charge in [-0.15, -0.1) is 0 Å². The summed E-state index contributed by atoms with van der Waals surface area (Å²) in [5, 5.41) is 18.6. The van der Waals surface area contributed by atoms with Gasteiger partial charge in [-0.1, -0.05) is 34.6 Å². The summed E-state index contributed by atoms with van der Waals surface area (Å²) in [6.45, 7) is 10.4. The normalized spacial score (nSPS) is 17.9. The summed E-state index contributed by atoms with van der Waals surface area (Å²) >= 11 is 0. The highest BCUT2D eigenvalue weighted by molar-refractivity contribution is 7.92. The number of aromatic nitrogens is 2. The maximum Gasteiger partial charge on any atom is 0.348 e. The molecule has 0 amide bonds. The first-order valence-electron chi connectivity index (χ1n) is 11.5. The lowest BCUT2D eigenvalue weighted by atomic mass is 9.92. The average Bonchev–Trinajstić information content (AvgIpc) is 2.73. The first-order chi connectivity index (χ1) is 16.5. The predicted octanol–water partition coefficient (Wildman–Crippen LogP) is 3.29. The van der Waals surface area contributed by atoms with Gasteiger partial charge in [0.05, 0.1) is 17.2 Å². The van der Waals surface area contributed by atoms with E-state index in [0.29, 0.717) is 30.8 Å². The molecule has 1 aliphatic rings. The number of amidine groups is 1. The van der Waals surface area contributed by atoms with Gasteiger partial charge in [0.2, 0.25) is 10.0 Å². The van der Waals surface area contributed by atoms with E-state index in [9.17, 15) is 22.9 Å². The lowest BCUT2D eigenvalue weighted by molar-refractivity contribution is 0.332. The van der Waals surface area contributed by atoms with Crippen molar-refractivity contribution in [2.24, 2.45) is 16.1 Å². The van der Waals surface area contributed by atoms with E-state index in [0.717, 1.165) is 6.26 Å². The highest BCUT2D eigenvalue weighted by atomic mass is 32.2. The average molecular weight is 540 g/mol. The van der Waals surface area contributed by atoms with Gasteiger partial charge in [-0.05, 0) is 42.4 Å². The zero-order chi connectivity index (χ0) is 27.1. The number of aromatic hydroxyl groups is 1. The maximum absolute atomic E-state index is 13.7. The molecule has 2 aromatic rings. The molecule has 1 aromatic heterocycles. The molecule has 0 aliphatic carbocycles. The molecule has 0 saturated carbocycles. The quantitative estimate of drug-likeness (QED) is 0.432. The van der Waals surface area contributed by atoms with E-state index in [4.69, 9.17) is 4.52 Å². The zero-order valence-corrected chi connectivity index (χ0v) is 23.3. The molecule has 1 atom stereocenters. The van der Waals surface area contributed by atoms with E-state index >= 15 is 0 Å². The second-order valence-corrected chi connectivity index (χ2v) is 14.3. The second kappa shape index (κ2) is 9.99. The van der Waals surface area contributed by atoms with Gasteiger partial charge in [0, 0.05) is 19.3 Å². The summed E-state index contributed by atoms with van der Waals surface area (Å²) in [6.07, 6.45) is 2.09. The van der Waals surface area contributed by atoms with Gasteiger partial charge in [-0.2, -0.15) is 9.86 Å². The molecule has 13 heteroatoms. The Balaban J connectivity index is 2.18. The fourth-order valence-electron chi connectivity index (χ4n) is 3.68. The SMILES string of the molecule is COP1(=O)N=C(c2c(O)c(CC(C)C)nn(CCC(C)(C)C)c2=O)Nc2ccc(NS(C)(=O)=O)cc21. The van der Waals surface area contributed by atoms with Crippen LogP contribution in [0.4, 0.5) is 11.4 Å². The molecule has 0 bridgehead atoms. The lowest BCUT2D eigenvalue weighted by Gasteiger charge is -2.25. The van der Waals surface area contributed by atoms with Crippen molar-refractivity contribution in [2.45, 2.75) is 54.0 Å². The molecule has 0 spiro atoms. The lowest BCUT2D eigenvalue weighted by Crippen LogP contribution is -2.36. The minimum absolute atomic E-state index is 0.0552. The number of sulfonamides is 1. The van der Waals surface area contributed by atoms with Crippen molar-refractivity contribution in [3.05, 3.63) is 39.8 Å². The fraction of sp³-hybridized carbons (Fsp3) is 0.522. The molecule has 198 valence electrons. The smallest absolute Gasteiger partial charge is 0.348 e.